The van der Waals surface area contributed by atoms with E-state index in [2.05, 4.69) is 0 Å². The first-order valence-corrected chi connectivity index (χ1v) is 5.02. The molecule has 2 unspecified atom stereocenters. The molecular weight excluding hydrogens is 227 g/mol. The fourth-order valence-electron chi connectivity index (χ4n) is 1.62. The Kier molecular flexibility index (Phi) is 3.50. The summed E-state index contributed by atoms with van der Waals surface area (Å²) in [6, 6.07) is 5.00. The third-order valence-corrected chi connectivity index (χ3v) is 3.11. The third kappa shape index (κ3) is 2.27. The summed E-state index contributed by atoms with van der Waals surface area (Å²) in [5, 5.41) is 18.2. The summed E-state index contributed by atoms with van der Waals surface area (Å²) < 4.78 is 13.1. The molecule has 2 atom stereocenters. The quantitative estimate of drug-likeness (QED) is 0.842. The highest BCUT2D eigenvalue weighted by Crippen LogP contribution is 2.33. The predicted molar refractivity (Wildman–Crippen MR) is 58.2 cm³/mol. The van der Waals surface area contributed by atoms with Gasteiger partial charge in [-0.05, 0) is 24.6 Å². The number of hydrogen-bond donors (Lipinski definition) is 2. The van der Waals surface area contributed by atoms with Gasteiger partial charge in [0.15, 0.2) is 0 Å². The molecule has 0 aliphatic heterocycles. The summed E-state index contributed by atoms with van der Waals surface area (Å²) in [4.78, 5) is 22.2. The van der Waals surface area contributed by atoms with Gasteiger partial charge in [0, 0.05) is 0 Å². The maximum Gasteiger partial charge on any atom is 0.314 e. The number of halogens is 1. The smallest absolute Gasteiger partial charge is 0.314 e. The molecule has 92 valence electrons. The van der Waals surface area contributed by atoms with Crippen LogP contribution in [0, 0.1) is 11.7 Å². The molecule has 0 fully saturated rings. The maximum absolute atomic E-state index is 13.1. The van der Waals surface area contributed by atoms with Crippen LogP contribution in [0.15, 0.2) is 24.3 Å². The van der Waals surface area contributed by atoms with Crippen molar-refractivity contribution < 1.29 is 24.2 Å². The van der Waals surface area contributed by atoms with E-state index in [1.807, 2.05) is 0 Å². The highest BCUT2D eigenvalue weighted by Gasteiger charge is 2.44. The van der Waals surface area contributed by atoms with Gasteiger partial charge in [0.05, 0.1) is 5.92 Å². The lowest BCUT2D eigenvalue weighted by atomic mass is 9.72. The lowest BCUT2D eigenvalue weighted by molar-refractivity contribution is -0.154. The monoisotopic (exact) mass is 240 g/mol. The Balaban J connectivity index is 3.35. The van der Waals surface area contributed by atoms with Gasteiger partial charge in [0.2, 0.25) is 0 Å². The second-order valence-corrected chi connectivity index (χ2v) is 4.08. The Morgan fingerprint density at radius 1 is 1.35 bits per heavy atom. The molecule has 17 heavy (non-hydrogen) atoms. The summed E-state index contributed by atoms with van der Waals surface area (Å²) in [5.41, 5.74) is -1.52. The topological polar surface area (TPSA) is 74.6 Å². The van der Waals surface area contributed by atoms with Crippen molar-refractivity contribution in [1.82, 2.24) is 0 Å². The second-order valence-electron chi connectivity index (χ2n) is 4.08. The van der Waals surface area contributed by atoms with Gasteiger partial charge in [0.25, 0.3) is 0 Å². The minimum atomic E-state index is -1.66. The minimum absolute atomic E-state index is 0.139. The van der Waals surface area contributed by atoms with Crippen molar-refractivity contribution in [1.29, 1.82) is 0 Å². The fraction of sp³-hybridized carbons (Fsp3) is 0.333. The summed E-state index contributed by atoms with van der Waals surface area (Å²) in [5.74, 6) is -4.29. The molecule has 0 saturated carbocycles. The van der Waals surface area contributed by atoms with E-state index in [1.165, 1.54) is 32.0 Å². The number of rotatable bonds is 4. The van der Waals surface area contributed by atoms with E-state index in [0.717, 1.165) is 6.07 Å². The SMILES string of the molecule is CC(C(=O)O)C(C)(C(=O)O)c1cccc(F)c1. The first-order chi connectivity index (χ1) is 7.80. The molecule has 0 radical (unpaired) electrons. The van der Waals surface area contributed by atoms with Crippen LogP contribution in [-0.2, 0) is 15.0 Å². The first-order valence-electron chi connectivity index (χ1n) is 5.02. The van der Waals surface area contributed by atoms with E-state index in [-0.39, 0.29) is 5.56 Å². The van der Waals surface area contributed by atoms with Crippen molar-refractivity contribution in [3.8, 4) is 0 Å². The van der Waals surface area contributed by atoms with Gasteiger partial charge in [-0.3, -0.25) is 9.59 Å². The van der Waals surface area contributed by atoms with Crippen LogP contribution >= 0.6 is 0 Å². The lowest BCUT2D eigenvalue weighted by Crippen LogP contribution is -2.42. The second kappa shape index (κ2) is 4.53. The molecule has 0 aliphatic rings. The average Bonchev–Trinajstić information content (AvgIpc) is 2.26. The van der Waals surface area contributed by atoms with Gasteiger partial charge in [0.1, 0.15) is 11.2 Å². The van der Waals surface area contributed by atoms with Crippen molar-refractivity contribution in [3.05, 3.63) is 35.6 Å². The number of carboxylic acids is 2. The van der Waals surface area contributed by atoms with Crippen LogP contribution in [0.3, 0.4) is 0 Å². The number of carboxylic acid groups (broad SMARTS) is 2. The summed E-state index contributed by atoms with van der Waals surface area (Å²) in [6.45, 7) is 2.57. The van der Waals surface area contributed by atoms with Gasteiger partial charge in [-0.25, -0.2) is 4.39 Å². The molecule has 1 aromatic carbocycles. The Morgan fingerprint density at radius 3 is 2.35 bits per heavy atom. The van der Waals surface area contributed by atoms with E-state index in [1.54, 1.807) is 0 Å². The highest BCUT2D eigenvalue weighted by atomic mass is 19.1. The van der Waals surface area contributed by atoms with E-state index >= 15 is 0 Å². The van der Waals surface area contributed by atoms with Gasteiger partial charge in [-0.2, -0.15) is 0 Å². The van der Waals surface area contributed by atoms with Crippen molar-refractivity contribution in [2.24, 2.45) is 5.92 Å². The fourth-order valence-corrected chi connectivity index (χ4v) is 1.62. The molecule has 0 aliphatic carbocycles. The molecule has 0 saturated heterocycles. The summed E-state index contributed by atoms with van der Waals surface area (Å²) >= 11 is 0. The van der Waals surface area contributed by atoms with Crippen molar-refractivity contribution in [2.45, 2.75) is 19.3 Å². The Morgan fingerprint density at radius 2 is 1.94 bits per heavy atom. The molecule has 4 nitrogen and oxygen atoms in total. The zero-order valence-electron chi connectivity index (χ0n) is 9.48. The predicted octanol–water partition coefficient (Wildman–Crippen LogP) is 1.89. The first kappa shape index (κ1) is 13.2. The summed E-state index contributed by atoms with van der Waals surface area (Å²) in [6.07, 6.45) is 0. The molecular formula is C12H13FO4. The largest absolute Gasteiger partial charge is 0.481 e. The van der Waals surface area contributed by atoms with Crippen molar-refractivity contribution in [3.63, 3.8) is 0 Å². The van der Waals surface area contributed by atoms with Crippen LogP contribution < -0.4 is 0 Å². The minimum Gasteiger partial charge on any atom is -0.481 e. The van der Waals surface area contributed by atoms with E-state index < -0.39 is 29.1 Å². The van der Waals surface area contributed by atoms with E-state index in [9.17, 15) is 19.1 Å². The van der Waals surface area contributed by atoms with Crippen molar-refractivity contribution in [2.75, 3.05) is 0 Å². The zero-order valence-corrected chi connectivity index (χ0v) is 9.48. The van der Waals surface area contributed by atoms with Crippen molar-refractivity contribution >= 4 is 11.9 Å². The molecule has 1 aromatic rings. The number of aliphatic carboxylic acids is 2. The summed E-state index contributed by atoms with van der Waals surface area (Å²) in [7, 11) is 0. The van der Waals surface area contributed by atoms with Crippen LogP contribution in [0.4, 0.5) is 4.39 Å². The molecule has 5 heteroatoms. The van der Waals surface area contributed by atoms with Crippen LogP contribution in [0.25, 0.3) is 0 Å². The number of benzene rings is 1. The lowest BCUT2D eigenvalue weighted by Gasteiger charge is -2.29. The Bertz CT molecular complexity index is 458. The molecule has 2 N–H and O–H groups in total. The zero-order chi connectivity index (χ0) is 13.2. The number of hydrogen-bond acceptors (Lipinski definition) is 2. The van der Waals surface area contributed by atoms with Crippen LogP contribution in [0.2, 0.25) is 0 Å². The number of carbonyl (C=O) groups is 2. The maximum atomic E-state index is 13.1. The van der Waals surface area contributed by atoms with Gasteiger partial charge < -0.3 is 10.2 Å². The van der Waals surface area contributed by atoms with Gasteiger partial charge in [-0.1, -0.05) is 19.1 Å². The molecule has 0 spiro atoms. The average molecular weight is 240 g/mol. The van der Waals surface area contributed by atoms with Gasteiger partial charge >= 0.3 is 11.9 Å². The molecule has 0 heterocycles. The van der Waals surface area contributed by atoms with Crippen LogP contribution in [-0.4, -0.2) is 22.2 Å². The van der Waals surface area contributed by atoms with Crippen LogP contribution in [0.5, 0.6) is 0 Å². The third-order valence-electron chi connectivity index (χ3n) is 3.11. The Hall–Kier alpha value is -1.91. The molecule has 0 aromatic heterocycles. The van der Waals surface area contributed by atoms with E-state index in [4.69, 9.17) is 5.11 Å². The standard InChI is InChI=1S/C12H13FO4/c1-7(10(14)15)12(2,11(16)17)8-4-3-5-9(13)6-8/h3-7H,1-2H3,(H,14,15)(H,16,17). The van der Waals surface area contributed by atoms with Crippen LogP contribution in [0.1, 0.15) is 19.4 Å². The normalized spacial score (nSPS) is 15.9. The highest BCUT2D eigenvalue weighted by molar-refractivity contribution is 5.88. The molecule has 1 rings (SSSR count). The molecule has 0 amide bonds. The molecule has 0 bridgehead atoms. The van der Waals surface area contributed by atoms with Gasteiger partial charge in [-0.15, -0.1) is 0 Å². The van der Waals surface area contributed by atoms with E-state index in [0.29, 0.717) is 0 Å². The Labute approximate surface area is 97.7 Å².